The summed E-state index contributed by atoms with van der Waals surface area (Å²) in [7, 11) is 0. The molecule has 5 heteroatoms. The summed E-state index contributed by atoms with van der Waals surface area (Å²) in [4.78, 5) is 0. The van der Waals surface area contributed by atoms with Crippen LogP contribution in [-0.2, 0) is 12.8 Å². The average Bonchev–Trinajstić information content (AvgIpc) is 2.15. The predicted octanol–water partition coefficient (Wildman–Crippen LogP) is 2.98. The molecule has 0 aliphatic carbocycles. The van der Waals surface area contributed by atoms with Crippen molar-refractivity contribution in [2.75, 3.05) is 0 Å². The zero-order valence-corrected chi connectivity index (χ0v) is 9.01. The van der Waals surface area contributed by atoms with Crippen LogP contribution in [0.25, 0.3) is 0 Å². The van der Waals surface area contributed by atoms with Crippen molar-refractivity contribution in [3.05, 3.63) is 29.3 Å². The second kappa shape index (κ2) is 4.74. The molecule has 0 saturated carbocycles. The Bertz CT molecular complexity index is 359. The van der Waals surface area contributed by atoms with E-state index in [1.807, 2.05) is 0 Å². The van der Waals surface area contributed by atoms with Crippen LogP contribution in [0.5, 0.6) is 5.75 Å². The number of aliphatic hydroxyl groups excluding tert-OH is 1. The number of rotatable bonds is 3. The van der Waals surface area contributed by atoms with Crippen molar-refractivity contribution in [2.24, 2.45) is 0 Å². The van der Waals surface area contributed by atoms with Crippen LogP contribution in [0.4, 0.5) is 13.2 Å². The molecule has 0 saturated heterocycles. The molecule has 0 spiro atoms. The van der Waals surface area contributed by atoms with Gasteiger partial charge in [-0.1, -0.05) is 0 Å². The number of halogens is 3. The summed E-state index contributed by atoms with van der Waals surface area (Å²) in [6, 6.07) is 3.07. The van der Waals surface area contributed by atoms with Crippen LogP contribution < -0.4 is 4.74 Å². The summed E-state index contributed by atoms with van der Waals surface area (Å²) in [5.41, 5.74) is -0.642. The van der Waals surface area contributed by atoms with Crippen LogP contribution in [0, 0.1) is 0 Å². The minimum atomic E-state index is -4.40. The number of aliphatic hydroxyl groups is 1. The van der Waals surface area contributed by atoms with Crippen LogP contribution in [-0.4, -0.2) is 11.2 Å². The minimum Gasteiger partial charge on any atom is -0.491 e. The van der Waals surface area contributed by atoms with Crippen LogP contribution in [0.2, 0.25) is 0 Å². The molecule has 0 radical (unpaired) electrons. The molecule has 0 amide bonds. The van der Waals surface area contributed by atoms with E-state index < -0.39 is 18.3 Å². The molecule has 0 unspecified atom stereocenters. The van der Waals surface area contributed by atoms with Gasteiger partial charge < -0.3 is 9.84 Å². The van der Waals surface area contributed by atoms with E-state index in [-0.39, 0.29) is 17.4 Å². The highest BCUT2D eigenvalue weighted by molar-refractivity contribution is 5.38. The molecule has 0 atom stereocenters. The van der Waals surface area contributed by atoms with E-state index in [1.165, 1.54) is 6.07 Å². The molecule has 90 valence electrons. The van der Waals surface area contributed by atoms with E-state index in [2.05, 4.69) is 0 Å². The van der Waals surface area contributed by atoms with E-state index in [0.29, 0.717) is 0 Å². The maximum absolute atomic E-state index is 12.4. The lowest BCUT2D eigenvalue weighted by Crippen LogP contribution is -2.10. The first-order valence-electron chi connectivity index (χ1n) is 4.82. The molecular formula is C11H13F3O2. The standard InChI is InChI=1S/C11H13F3O2/c1-7(2)16-10-4-3-9(11(12,13)14)5-8(10)6-15/h3-5,7,15H,6H2,1-2H3. The smallest absolute Gasteiger partial charge is 0.416 e. The fourth-order valence-corrected chi connectivity index (χ4v) is 1.25. The Labute approximate surface area is 91.7 Å². The van der Waals surface area contributed by atoms with Gasteiger partial charge in [-0.15, -0.1) is 0 Å². The highest BCUT2D eigenvalue weighted by Gasteiger charge is 2.31. The molecule has 0 aliphatic rings. The second-order valence-corrected chi connectivity index (χ2v) is 3.64. The summed E-state index contributed by atoms with van der Waals surface area (Å²) in [6.07, 6.45) is -4.55. The first-order chi connectivity index (χ1) is 7.34. The van der Waals surface area contributed by atoms with E-state index in [0.717, 1.165) is 12.1 Å². The molecule has 0 fully saturated rings. The summed E-state index contributed by atoms with van der Waals surface area (Å²) in [5, 5.41) is 8.97. The molecule has 1 aromatic rings. The summed E-state index contributed by atoms with van der Waals surface area (Å²) >= 11 is 0. The lowest BCUT2D eigenvalue weighted by atomic mass is 10.1. The Morgan fingerprint density at radius 1 is 1.31 bits per heavy atom. The van der Waals surface area contributed by atoms with Gasteiger partial charge in [0.15, 0.2) is 0 Å². The van der Waals surface area contributed by atoms with Crippen molar-refractivity contribution in [1.82, 2.24) is 0 Å². The molecule has 0 bridgehead atoms. The fourth-order valence-electron chi connectivity index (χ4n) is 1.25. The Kier molecular flexibility index (Phi) is 3.80. The lowest BCUT2D eigenvalue weighted by Gasteiger charge is -2.15. The largest absolute Gasteiger partial charge is 0.491 e. The van der Waals surface area contributed by atoms with Crippen molar-refractivity contribution in [2.45, 2.75) is 32.7 Å². The van der Waals surface area contributed by atoms with Gasteiger partial charge in [0.1, 0.15) is 5.75 Å². The maximum atomic E-state index is 12.4. The van der Waals surface area contributed by atoms with Crippen molar-refractivity contribution >= 4 is 0 Å². The van der Waals surface area contributed by atoms with Crippen LogP contribution >= 0.6 is 0 Å². The van der Waals surface area contributed by atoms with Gasteiger partial charge in [0, 0.05) is 5.56 Å². The SMILES string of the molecule is CC(C)Oc1ccc(C(F)(F)F)cc1CO. The van der Waals surface area contributed by atoms with Crippen molar-refractivity contribution in [1.29, 1.82) is 0 Å². The van der Waals surface area contributed by atoms with E-state index in [4.69, 9.17) is 9.84 Å². The molecule has 2 nitrogen and oxygen atoms in total. The highest BCUT2D eigenvalue weighted by atomic mass is 19.4. The predicted molar refractivity (Wildman–Crippen MR) is 53.1 cm³/mol. The minimum absolute atomic E-state index is 0.142. The van der Waals surface area contributed by atoms with Crippen molar-refractivity contribution < 1.29 is 23.0 Å². The highest BCUT2D eigenvalue weighted by Crippen LogP contribution is 2.32. The number of hydrogen-bond donors (Lipinski definition) is 1. The van der Waals surface area contributed by atoms with Gasteiger partial charge in [-0.3, -0.25) is 0 Å². The average molecular weight is 234 g/mol. The van der Waals surface area contributed by atoms with Crippen molar-refractivity contribution in [3.8, 4) is 5.75 Å². The van der Waals surface area contributed by atoms with E-state index >= 15 is 0 Å². The third-order valence-electron chi connectivity index (χ3n) is 1.92. The monoisotopic (exact) mass is 234 g/mol. The number of ether oxygens (including phenoxy) is 1. The van der Waals surface area contributed by atoms with Crippen LogP contribution in [0.1, 0.15) is 25.0 Å². The molecule has 1 aromatic carbocycles. The first-order valence-corrected chi connectivity index (χ1v) is 4.82. The normalized spacial score (nSPS) is 11.9. The Hall–Kier alpha value is -1.23. The van der Waals surface area contributed by atoms with E-state index in [9.17, 15) is 13.2 Å². The Morgan fingerprint density at radius 3 is 2.38 bits per heavy atom. The zero-order chi connectivity index (χ0) is 12.3. The Balaban J connectivity index is 3.07. The maximum Gasteiger partial charge on any atom is 0.416 e. The summed E-state index contributed by atoms with van der Waals surface area (Å²) in [6.45, 7) is 3.05. The summed E-state index contributed by atoms with van der Waals surface area (Å²) < 4.78 is 42.4. The molecular weight excluding hydrogens is 221 g/mol. The number of hydrogen-bond acceptors (Lipinski definition) is 2. The van der Waals surface area contributed by atoms with Gasteiger partial charge in [-0.25, -0.2) is 0 Å². The van der Waals surface area contributed by atoms with Gasteiger partial charge in [-0.05, 0) is 32.0 Å². The topological polar surface area (TPSA) is 29.5 Å². The van der Waals surface area contributed by atoms with Gasteiger partial charge >= 0.3 is 6.18 Å². The third-order valence-corrected chi connectivity index (χ3v) is 1.92. The quantitative estimate of drug-likeness (QED) is 0.871. The molecule has 1 N–H and O–H groups in total. The molecule has 0 heterocycles. The molecule has 0 aromatic heterocycles. The van der Waals surface area contributed by atoms with Gasteiger partial charge in [-0.2, -0.15) is 13.2 Å². The molecule has 0 aliphatic heterocycles. The Morgan fingerprint density at radius 2 is 1.94 bits per heavy atom. The van der Waals surface area contributed by atoms with Crippen molar-refractivity contribution in [3.63, 3.8) is 0 Å². The summed E-state index contributed by atoms with van der Waals surface area (Å²) in [5.74, 6) is 0.283. The van der Waals surface area contributed by atoms with Crippen LogP contribution in [0.15, 0.2) is 18.2 Å². The lowest BCUT2D eigenvalue weighted by molar-refractivity contribution is -0.137. The molecule has 16 heavy (non-hydrogen) atoms. The number of alkyl halides is 3. The first kappa shape index (κ1) is 12.8. The zero-order valence-electron chi connectivity index (χ0n) is 9.01. The molecule has 1 rings (SSSR count). The van der Waals surface area contributed by atoms with Gasteiger partial charge in [0.2, 0.25) is 0 Å². The fraction of sp³-hybridized carbons (Fsp3) is 0.455. The van der Waals surface area contributed by atoms with Gasteiger partial charge in [0.05, 0.1) is 18.3 Å². The number of benzene rings is 1. The van der Waals surface area contributed by atoms with Crippen LogP contribution in [0.3, 0.4) is 0 Å². The second-order valence-electron chi connectivity index (χ2n) is 3.64. The third kappa shape index (κ3) is 3.13. The van der Waals surface area contributed by atoms with Gasteiger partial charge in [0.25, 0.3) is 0 Å². The van der Waals surface area contributed by atoms with E-state index in [1.54, 1.807) is 13.8 Å².